The van der Waals surface area contributed by atoms with Crippen molar-refractivity contribution in [2.45, 2.75) is 19.8 Å². The van der Waals surface area contributed by atoms with Crippen molar-refractivity contribution in [1.29, 1.82) is 0 Å². The van der Waals surface area contributed by atoms with Gasteiger partial charge in [-0.25, -0.2) is 9.48 Å². The summed E-state index contributed by atoms with van der Waals surface area (Å²) in [6.45, 7) is 6.24. The minimum atomic E-state index is -3.26. The molecular weight excluding hydrogens is 292 g/mol. The fraction of sp³-hybridized carbons (Fsp3) is 0.333. The lowest BCUT2D eigenvalue weighted by Gasteiger charge is -2.27. The number of carbonyl (C=O) groups excluding carboxylic acids is 1. The number of allylic oxidation sites excluding steroid dienone is 3. The second-order valence-electron chi connectivity index (χ2n) is 4.86. The largest absolute Gasteiger partial charge is 0.462 e. The van der Waals surface area contributed by atoms with Crippen molar-refractivity contribution in [3.05, 3.63) is 48.0 Å². The third-order valence-electron chi connectivity index (χ3n) is 3.21. The van der Waals surface area contributed by atoms with E-state index in [0.29, 0.717) is 11.5 Å². The van der Waals surface area contributed by atoms with E-state index < -0.39 is 17.6 Å². The van der Waals surface area contributed by atoms with Crippen LogP contribution < -0.4 is 0 Å². The molecule has 0 saturated heterocycles. The Morgan fingerprint density at radius 2 is 2.18 bits per heavy atom. The lowest BCUT2D eigenvalue weighted by Crippen LogP contribution is -2.26. The maximum Gasteiger partial charge on any atom is 0.341 e. The van der Waals surface area contributed by atoms with Gasteiger partial charge in [0.05, 0.1) is 12.8 Å². The summed E-state index contributed by atoms with van der Waals surface area (Å²) in [5, 5.41) is 3.95. The van der Waals surface area contributed by atoms with Crippen LogP contribution in [0.5, 0.6) is 0 Å². The predicted octanol–water partition coefficient (Wildman–Crippen LogP) is 2.99. The molecular formula is C15H17F2N3O2. The summed E-state index contributed by atoms with van der Waals surface area (Å²) in [6.07, 6.45) is 6.14. The molecule has 0 unspecified atom stereocenters. The van der Waals surface area contributed by atoms with Gasteiger partial charge >= 0.3 is 5.97 Å². The van der Waals surface area contributed by atoms with Crippen LogP contribution >= 0.6 is 0 Å². The Balaban J connectivity index is 2.58. The first-order valence-electron chi connectivity index (χ1n) is 6.72. The number of ether oxygens (including phenoxy) is 1. The van der Waals surface area contributed by atoms with Gasteiger partial charge in [0, 0.05) is 19.7 Å². The summed E-state index contributed by atoms with van der Waals surface area (Å²) in [6, 6.07) is 0. The molecule has 22 heavy (non-hydrogen) atoms. The van der Waals surface area contributed by atoms with Crippen LogP contribution in [0.1, 0.15) is 29.9 Å². The summed E-state index contributed by atoms with van der Waals surface area (Å²) in [4.78, 5) is 13.5. The fourth-order valence-electron chi connectivity index (χ4n) is 2.13. The van der Waals surface area contributed by atoms with Crippen molar-refractivity contribution >= 4 is 11.8 Å². The number of hydrogen-bond donors (Lipinski definition) is 0. The van der Waals surface area contributed by atoms with Crippen LogP contribution in [-0.4, -0.2) is 34.3 Å². The molecule has 0 aliphatic carbocycles. The van der Waals surface area contributed by atoms with E-state index in [2.05, 4.69) is 11.7 Å². The van der Waals surface area contributed by atoms with Gasteiger partial charge in [0.15, 0.2) is 0 Å². The average Bonchev–Trinajstić information content (AvgIpc) is 2.87. The highest BCUT2D eigenvalue weighted by Crippen LogP contribution is 2.33. The van der Waals surface area contributed by atoms with E-state index in [1.165, 1.54) is 0 Å². The van der Waals surface area contributed by atoms with Gasteiger partial charge in [0.1, 0.15) is 17.1 Å². The number of hydrogen-bond acceptors (Lipinski definition) is 4. The standard InChI is InChI=1S/C15H17F2N3O2/c1-5-22-14(21)11-9-18-20(13(11)15(3,16)17)12-8-6-7-10(2)19(12)4/h6-9H,2,5H2,1,3-4H3. The van der Waals surface area contributed by atoms with Crippen LogP contribution in [0.2, 0.25) is 0 Å². The number of halogens is 2. The molecule has 0 aromatic carbocycles. The van der Waals surface area contributed by atoms with Gasteiger partial charge in [-0.1, -0.05) is 12.7 Å². The second kappa shape index (κ2) is 5.75. The first kappa shape index (κ1) is 15.9. The Kier molecular flexibility index (Phi) is 4.16. The third-order valence-corrected chi connectivity index (χ3v) is 3.21. The molecule has 0 amide bonds. The van der Waals surface area contributed by atoms with Gasteiger partial charge in [-0.2, -0.15) is 13.9 Å². The molecule has 118 valence electrons. The molecule has 0 fully saturated rings. The van der Waals surface area contributed by atoms with Gasteiger partial charge in [0.2, 0.25) is 0 Å². The highest BCUT2D eigenvalue weighted by molar-refractivity contribution is 5.91. The highest BCUT2D eigenvalue weighted by atomic mass is 19.3. The molecule has 5 nitrogen and oxygen atoms in total. The van der Waals surface area contributed by atoms with E-state index in [-0.39, 0.29) is 12.2 Å². The molecule has 0 saturated carbocycles. The minimum absolute atomic E-state index is 0.0981. The van der Waals surface area contributed by atoms with Crippen molar-refractivity contribution in [3.63, 3.8) is 0 Å². The molecule has 1 aromatic rings. The number of likely N-dealkylation sites (N-methyl/N-ethyl adjacent to an activating group) is 1. The SMILES string of the molecule is C=C1C=CC=C(n2ncc(C(=O)OCC)c2C(C)(F)F)N1C. The molecule has 7 heteroatoms. The van der Waals surface area contributed by atoms with Gasteiger partial charge in [-0.15, -0.1) is 0 Å². The predicted molar refractivity (Wildman–Crippen MR) is 78.1 cm³/mol. The van der Waals surface area contributed by atoms with Crippen molar-refractivity contribution in [2.24, 2.45) is 0 Å². The Morgan fingerprint density at radius 1 is 1.50 bits per heavy atom. The zero-order valence-corrected chi connectivity index (χ0v) is 12.6. The Hall–Kier alpha value is -2.44. The lowest BCUT2D eigenvalue weighted by molar-refractivity contribution is 0.00734. The van der Waals surface area contributed by atoms with Crippen LogP contribution in [0, 0.1) is 0 Å². The number of nitrogens with zero attached hydrogens (tertiary/aromatic N) is 3. The molecule has 0 atom stereocenters. The van der Waals surface area contributed by atoms with Crippen LogP contribution in [-0.2, 0) is 10.7 Å². The van der Waals surface area contributed by atoms with Crippen molar-refractivity contribution in [2.75, 3.05) is 13.7 Å². The molecule has 2 rings (SSSR count). The number of esters is 1. The maximum atomic E-state index is 14.0. The van der Waals surface area contributed by atoms with Gasteiger partial charge in [-0.05, 0) is 19.1 Å². The average molecular weight is 309 g/mol. The molecule has 1 aromatic heterocycles. The quantitative estimate of drug-likeness (QED) is 0.802. The smallest absolute Gasteiger partial charge is 0.341 e. The van der Waals surface area contributed by atoms with Crippen molar-refractivity contribution < 1.29 is 18.3 Å². The first-order valence-corrected chi connectivity index (χ1v) is 6.72. The van der Waals surface area contributed by atoms with Crippen molar-refractivity contribution in [3.8, 4) is 0 Å². The summed E-state index contributed by atoms with van der Waals surface area (Å²) in [7, 11) is 1.68. The van der Waals surface area contributed by atoms with Crippen molar-refractivity contribution in [1.82, 2.24) is 14.7 Å². The Labute approximate surface area is 127 Å². The van der Waals surface area contributed by atoms with Crippen LogP contribution in [0.4, 0.5) is 8.78 Å². The van der Waals surface area contributed by atoms with Gasteiger partial charge < -0.3 is 9.64 Å². The van der Waals surface area contributed by atoms with Crippen LogP contribution in [0.25, 0.3) is 5.82 Å². The van der Waals surface area contributed by atoms with Gasteiger partial charge in [-0.3, -0.25) is 0 Å². The van der Waals surface area contributed by atoms with E-state index in [9.17, 15) is 13.6 Å². The molecule has 1 aliphatic heterocycles. The van der Waals surface area contributed by atoms with Crippen LogP contribution in [0.15, 0.2) is 36.7 Å². The zero-order valence-electron chi connectivity index (χ0n) is 12.6. The first-order chi connectivity index (χ1) is 10.3. The lowest BCUT2D eigenvalue weighted by atomic mass is 10.1. The molecule has 0 radical (unpaired) electrons. The summed E-state index contributed by atoms with van der Waals surface area (Å²) >= 11 is 0. The molecule has 1 aliphatic rings. The van der Waals surface area contributed by atoms with E-state index >= 15 is 0 Å². The fourth-order valence-corrected chi connectivity index (χ4v) is 2.13. The summed E-state index contributed by atoms with van der Waals surface area (Å²) in [5.74, 6) is -3.71. The van der Waals surface area contributed by atoms with E-state index in [1.807, 2.05) is 0 Å². The Bertz CT molecular complexity index is 669. The molecule has 2 heterocycles. The zero-order chi connectivity index (χ0) is 16.5. The maximum absolute atomic E-state index is 14.0. The topological polar surface area (TPSA) is 47.4 Å². The minimum Gasteiger partial charge on any atom is -0.462 e. The highest BCUT2D eigenvalue weighted by Gasteiger charge is 2.37. The van der Waals surface area contributed by atoms with E-state index in [1.54, 1.807) is 37.1 Å². The molecule has 0 bridgehead atoms. The van der Waals surface area contributed by atoms with Crippen LogP contribution in [0.3, 0.4) is 0 Å². The number of aromatic nitrogens is 2. The Morgan fingerprint density at radius 3 is 2.77 bits per heavy atom. The summed E-state index contributed by atoms with van der Waals surface area (Å²) < 4.78 is 33.9. The van der Waals surface area contributed by atoms with E-state index in [0.717, 1.165) is 17.8 Å². The van der Waals surface area contributed by atoms with Gasteiger partial charge in [0.25, 0.3) is 5.92 Å². The van der Waals surface area contributed by atoms with E-state index in [4.69, 9.17) is 4.74 Å². The molecule has 0 spiro atoms. The number of carbonyl (C=O) groups is 1. The monoisotopic (exact) mass is 309 g/mol. The third kappa shape index (κ3) is 2.79. The number of alkyl halides is 2. The second-order valence-corrected chi connectivity index (χ2v) is 4.86. The number of rotatable bonds is 4. The summed E-state index contributed by atoms with van der Waals surface area (Å²) in [5.41, 5.74) is -0.132. The molecule has 0 N–H and O–H groups in total. The normalized spacial score (nSPS) is 15.0.